The highest BCUT2D eigenvalue weighted by Gasteiger charge is 2.44. The van der Waals surface area contributed by atoms with Gasteiger partial charge in [0.25, 0.3) is 23.6 Å². The second-order valence-corrected chi connectivity index (χ2v) is 14.4. The fourth-order valence-corrected chi connectivity index (χ4v) is 7.40. The number of imide groups is 2. The first-order valence-electron chi connectivity index (χ1n) is 19.2. The SMILES string of the molecule is O=C1CCC(N2C(=O)c3ccc(NC(=O)CCCCCCCCCCCCCNC(=O)c4cc5cc(N6CC[C@@H](O)C6=O)ccc5[nH]4)cc3C2=O)C(=O)N1. The van der Waals surface area contributed by atoms with Gasteiger partial charge >= 0.3 is 0 Å². The van der Waals surface area contributed by atoms with Crippen LogP contribution in [-0.4, -0.2) is 81.6 Å². The Balaban J connectivity index is 0.773. The lowest BCUT2D eigenvalue weighted by Crippen LogP contribution is -2.54. The second kappa shape index (κ2) is 17.6. The van der Waals surface area contributed by atoms with E-state index in [0.29, 0.717) is 43.0 Å². The zero-order valence-corrected chi connectivity index (χ0v) is 30.4. The summed E-state index contributed by atoms with van der Waals surface area (Å²) in [4.78, 5) is 92.6. The van der Waals surface area contributed by atoms with Gasteiger partial charge in [0, 0.05) is 54.6 Å². The average molecular weight is 741 g/mol. The van der Waals surface area contributed by atoms with Gasteiger partial charge in [-0.2, -0.15) is 0 Å². The molecule has 0 spiro atoms. The van der Waals surface area contributed by atoms with Gasteiger partial charge in [-0.05, 0) is 61.7 Å². The van der Waals surface area contributed by atoms with Crippen LogP contribution in [0.15, 0.2) is 42.5 Å². The zero-order valence-electron chi connectivity index (χ0n) is 30.4. The van der Waals surface area contributed by atoms with Crippen molar-refractivity contribution >= 4 is 63.6 Å². The molecule has 2 fully saturated rings. The molecule has 54 heavy (non-hydrogen) atoms. The number of fused-ring (bicyclic) bond motifs is 2. The standard InChI is InChI=1S/C40H48N6O8/c47-33-19-21-45(40(33)54)27-14-16-30-25(22-27)23-31(43-30)36(50)41-20-11-9-7-5-3-1-2-4-6-8-10-12-34(48)42-26-13-15-28-29(24-26)39(53)46(38(28)52)32-17-18-35(49)44-37(32)51/h13-16,22-24,32-33,43,47H,1-12,17-21H2,(H,41,50)(H,42,48)(H,44,49,51)/t32?,33-/m1/s1. The van der Waals surface area contributed by atoms with Crippen molar-refractivity contribution < 1.29 is 38.7 Å². The van der Waals surface area contributed by atoms with Crippen LogP contribution < -0.4 is 20.9 Å². The number of aliphatic hydroxyl groups excluding tert-OH is 1. The molecule has 2 aromatic carbocycles. The molecule has 5 N–H and O–H groups in total. The predicted octanol–water partition coefficient (Wildman–Crippen LogP) is 4.72. The lowest BCUT2D eigenvalue weighted by Gasteiger charge is -2.27. The number of carbonyl (C=O) groups excluding carboxylic acids is 7. The molecule has 3 aliphatic heterocycles. The third-order valence-corrected chi connectivity index (χ3v) is 10.4. The summed E-state index contributed by atoms with van der Waals surface area (Å²) in [5.74, 6) is -2.90. The second-order valence-electron chi connectivity index (χ2n) is 14.4. The van der Waals surface area contributed by atoms with Crippen molar-refractivity contribution in [3.05, 3.63) is 59.3 Å². The van der Waals surface area contributed by atoms with Crippen molar-refractivity contribution in [3.63, 3.8) is 0 Å². The van der Waals surface area contributed by atoms with E-state index < -0.39 is 35.8 Å². The van der Waals surface area contributed by atoms with Crippen LogP contribution in [-0.2, 0) is 19.2 Å². The van der Waals surface area contributed by atoms with E-state index in [2.05, 4.69) is 20.9 Å². The van der Waals surface area contributed by atoms with Crippen LogP contribution in [0.1, 0.15) is 128 Å². The Labute approximate surface area is 313 Å². The zero-order chi connectivity index (χ0) is 38.2. The number of aromatic amines is 1. The van der Waals surface area contributed by atoms with E-state index in [0.717, 1.165) is 73.6 Å². The molecule has 0 aliphatic carbocycles. The minimum atomic E-state index is -1.03. The molecule has 2 saturated heterocycles. The molecule has 0 saturated carbocycles. The molecule has 286 valence electrons. The highest BCUT2D eigenvalue weighted by Crippen LogP contribution is 2.30. The highest BCUT2D eigenvalue weighted by molar-refractivity contribution is 6.24. The topological polar surface area (TPSA) is 198 Å². The number of piperidine rings is 1. The van der Waals surface area contributed by atoms with Gasteiger partial charge in [-0.1, -0.05) is 57.8 Å². The number of aromatic nitrogens is 1. The Kier molecular flexibility index (Phi) is 12.5. The van der Waals surface area contributed by atoms with E-state index in [9.17, 15) is 38.7 Å². The van der Waals surface area contributed by atoms with Gasteiger partial charge in [-0.25, -0.2) is 0 Å². The van der Waals surface area contributed by atoms with Crippen molar-refractivity contribution in [1.29, 1.82) is 0 Å². The molecule has 14 nitrogen and oxygen atoms in total. The number of carbonyl (C=O) groups is 7. The number of H-pyrrole nitrogens is 1. The number of nitrogens with zero attached hydrogens (tertiary/aromatic N) is 2. The van der Waals surface area contributed by atoms with E-state index in [1.807, 2.05) is 18.2 Å². The normalized spacial score (nSPS) is 18.4. The highest BCUT2D eigenvalue weighted by atomic mass is 16.3. The van der Waals surface area contributed by atoms with E-state index in [1.165, 1.54) is 25.0 Å². The summed E-state index contributed by atoms with van der Waals surface area (Å²) >= 11 is 0. The van der Waals surface area contributed by atoms with Crippen molar-refractivity contribution in [3.8, 4) is 0 Å². The first-order chi connectivity index (χ1) is 26.1. The Morgan fingerprint density at radius 1 is 0.778 bits per heavy atom. The lowest BCUT2D eigenvalue weighted by atomic mass is 10.0. The summed E-state index contributed by atoms with van der Waals surface area (Å²) in [6.07, 6.45) is 11.6. The molecule has 3 aromatic rings. The van der Waals surface area contributed by atoms with E-state index in [4.69, 9.17) is 0 Å². The molecule has 2 atom stereocenters. The summed E-state index contributed by atoms with van der Waals surface area (Å²) < 4.78 is 0. The molecule has 6 rings (SSSR count). The smallest absolute Gasteiger partial charge is 0.267 e. The first-order valence-corrected chi connectivity index (χ1v) is 19.2. The summed E-state index contributed by atoms with van der Waals surface area (Å²) in [6.45, 7) is 1.09. The summed E-state index contributed by atoms with van der Waals surface area (Å²) in [5.41, 5.74) is 2.73. The van der Waals surface area contributed by atoms with Crippen LogP contribution in [0.5, 0.6) is 0 Å². The molecular formula is C40H48N6O8. The van der Waals surface area contributed by atoms with Gasteiger partial charge < -0.3 is 25.6 Å². The van der Waals surface area contributed by atoms with Gasteiger partial charge in [0.1, 0.15) is 17.8 Å². The van der Waals surface area contributed by atoms with Gasteiger partial charge in [0.15, 0.2) is 0 Å². The Morgan fingerprint density at radius 3 is 2.15 bits per heavy atom. The maximum absolute atomic E-state index is 13.0. The number of anilines is 2. The Morgan fingerprint density at radius 2 is 1.46 bits per heavy atom. The minimum Gasteiger partial charge on any atom is -0.383 e. The van der Waals surface area contributed by atoms with Crippen molar-refractivity contribution in [2.24, 2.45) is 0 Å². The van der Waals surface area contributed by atoms with Crippen LogP contribution in [0.2, 0.25) is 0 Å². The number of hydrogen-bond acceptors (Lipinski definition) is 8. The Bertz CT molecular complexity index is 1940. The molecular weight excluding hydrogens is 692 g/mol. The van der Waals surface area contributed by atoms with Gasteiger partial charge in [-0.3, -0.25) is 43.8 Å². The van der Waals surface area contributed by atoms with Crippen molar-refractivity contribution in [2.45, 2.75) is 108 Å². The van der Waals surface area contributed by atoms with Crippen LogP contribution in [0, 0.1) is 0 Å². The third kappa shape index (κ3) is 9.04. The van der Waals surface area contributed by atoms with Crippen LogP contribution in [0.4, 0.5) is 11.4 Å². The average Bonchev–Trinajstić information content (AvgIpc) is 3.81. The monoisotopic (exact) mass is 740 g/mol. The first kappa shape index (κ1) is 38.4. The maximum Gasteiger partial charge on any atom is 0.267 e. The van der Waals surface area contributed by atoms with Crippen LogP contribution in [0.25, 0.3) is 10.9 Å². The summed E-state index contributed by atoms with van der Waals surface area (Å²) in [5, 5.41) is 18.6. The molecule has 4 heterocycles. The molecule has 14 heteroatoms. The molecule has 1 unspecified atom stereocenters. The lowest BCUT2D eigenvalue weighted by molar-refractivity contribution is -0.136. The number of aliphatic hydroxyl groups is 1. The molecule has 7 amide bonds. The van der Waals surface area contributed by atoms with Crippen LogP contribution >= 0.6 is 0 Å². The third-order valence-electron chi connectivity index (χ3n) is 10.4. The number of unbranched alkanes of at least 4 members (excludes halogenated alkanes) is 10. The van der Waals surface area contributed by atoms with Crippen molar-refractivity contribution in [1.82, 2.24) is 20.5 Å². The fourth-order valence-electron chi connectivity index (χ4n) is 7.40. The number of rotatable bonds is 18. The van der Waals surface area contributed by atoms with Gasteiger partial charge in [0.05, 0.1) is 11.1 Å². The number of nitrogens with one attached hydrogen (secondary N) is 4. The van der Waals surface area contributed by atoms with Gasteiger partial charge in [-0.15, -0.1) is 0 Å². The fraction of sp³-hybridized carbons (Fsp3) is 0.475. The number of hydrogen-bond donors (Lipinski definition) is 5. The largest absolute Gasteiger partial charge is 0.383 e. The quantitative estimate of drug-likeness (QED) is 0.0912. The number of amides is 7. The molecule has 1 aromatic heterocycles. The van der Waals surface area contributed by atoms with Gasteiger partial charge in [0.2, 0.25) is 17.7 Å². The molecule has 0 bridgehead atoms. The Hall–Kier alpha value is -5.37. The maximum atomic E-state index is 13.0. The minimum absolute atomic E-state index is 0.0503. The molecule has 0 radical (unpaired) electrons. The number of benzene rings is 2. The van der Waals surface area contributed by atoms with Crippen LogP contribution in [0.3, 0.4) is 0 Å². The summed E-state index contributed by atoms with van der Waals surface area (Å²) in [7, 11) is 0. The van der Waals surface area contributed by atoms with E-state index >= 15 is 0 Å². The van der Waals surface area contributed by atoms with E-state index in [-0.39, 0.29) is 41.7 Å². The molecule has 3 aliphatic rings. The van der Waals surface area contributed by atoms with Crippen molar-refractivity contribution in [2.75, 3.05) is 23.3 Å². The van der Waals surface area contributed by atoms with E-state index in [1.54, 1.807) is 17.0 Å². The predicted molar refractivity (Wildman–Crippen MR) is 201 cm³/mol. The summed E-state index contributed by atoms with van der Waals surface area (Å²) in [6, 6.07) is 10.8.